The number of benzene rings is 1. The van der Waals surface area contributed by atoms with E-state index in [0.717, 1.165) is 24.2 Å². The Bertz CT molecular complexity index is 445. The molecule has 1 heterocycles. The van der Waals surface area contributed by atoms with Gasteiger partial charge in [0.1, 0.15) is 5.75 Å². The molecule has 3 unspecified atom stereocenters. The first-order valence-corrected chi connectivity index (χ1v) is 8.81. The summed E-state index contributed by atoms with van der Waals surface area (Å²) in [5, 5.41) is 3.64. The molecule has 1 aromatic carbocycles. The highest BCUT2D eigenvalue weighted by atomic mass is 16.5. The number of fused-ring (bicyclic) bond motifs is 1. The first-order chi connectivity index (χ1) is 10.4. The second kappa shape index (κ2) is 7.31. The SMILES string of the molecule is CCCNCC1CCCC1CC1CCOc2ccccc21. The van der Waals surface area contributed by atoms with Crippen LogP contribution in [0.25, 0.3) is 0 Å². The smallest absolute Gasteiger partial charge is 0.122 e. The number of nitrogens with one attached hydrogen (secondary N) is 1. The summed E-state index contributed by atoms with van der Waals surface area (Å²) in [4.78, 5) is 0. The third kappa shape index (κ3) is 3.60. The van der Waals surface area contributed by atoms with Gasteiger partial charge in [-0.05, 0) is 68.2 Å². The van der Waals surface area contributed by atoms with Crippen molar-refractivity contribution in [1.82, 2.24) is 5.32 Å². The van der Waals surface area contributed by atoms with E-state index < -0.39 is 0 Å². The van der Waals surface area contributed by atoms with E-state index in [1.165, 1.54) is 57.2 Å². The van der Waals surface area contributed by atoms with Crippen LogP contribution in [0.15, 0.2) is 24.3 Å². The van der Waals surface area contributed by atoms with Gasteiger partial charge in [-0.15, -0.1) is 0 Å². The molecule has 0 aromatic heterocycles. The van der Waals surface area contributed by atoms with Gasteiger partial charge in [0.15, 0.2) is 0 Å². The fourth-order valence-electron chi connectivity index (χ4n) is 4.18. The lowest BCUT2D eigenvalue weighted by atomic mass is 9.81. The van der Waals surface area contributed by atoms with Crippen molar-refractivity contribution in [3.8, 4) is 5.75 Å². The van der Waals surface area contributed by atoms with E-state index in [1.54, 1.807) is 0 Å². The number of para-hydroxylation sites is 1. The minimum Gasteiger partial charge on any atom is -0.493 e. The van der Waals surface area contributed by atoms with Crippen LogP contribution in [0.5, 0.6) is 5.75 Å². The molecule has 1 fully saturated rings. The zero-order valence-electron chi connectivity index (χ0n) is 13.3. The van der Waals surface area contributed by atoms with Crippen LogP contribution in [0.1, 0.15) is 56.9 Å². The Morgan fingerprint density at radius 3 is 2.90 bits per heavy atom. The Morgan fingerprint density at radius 2 is 2.00 bits per heavy atom. The molecule has 0 amide bonds. The normalized spacial score (nSPS) is 28.1. The number of hydrogen-bond donors (Lipinski definition) is 1. The third-order valence-electron chi connectivity index (χ3n) is 5.32. The molecule has 2 heteroatoms. The molecule has 1 aliphatic carbocycles. The highest BCUT2D eigenvalue weighted by Gasteiger charge is 2.31. The molecule has 0 radical (unpaired) electrons. The highest BCUT2D eigenvalue weighted by molar-refractivity contribution is 5.37. The van der Waals surface area contributed by atoms with Crippen LogP contribution in [-0.4, -0.2) is 19.7 Å². The van der Waals surface area contributed by atoms with Gasteiger partial charge in [0.25, 0.3) is 0 Å². The van der Waals surface area contributed by atoms with Crippen molar-refractivity contribution in [2.24, 2.45) is 11.8 Å². The maximum Gasteiger partial charge on any atom is 0.122 e. The predicted octanol–water partition coefficient (Wildman–Crippen LogP) is 4.36. The molecule has 2 nitrogen and oxygen atoms in total. The zero-order valence-corrected chi connectivity index (χ0v) is 13.3. The van der Waals surface area contributed by atoms with Gasteiger partial charge < -0.3 is 10.1 Å². The van der Waals surface area contributed by atoms with Gasteiger partial charge in [-0.3, -0.25) is 0 Å². The molecule has 0 bridgehead atoms. The molecular weight excluding hydrogens is 258 g/mol. The molecule has 1 saturated carbocycles. The summed E-state index contributed by atoms with van der Waals surface area (Å²) in [6, 6.07) is 8.67. The Balaban J connectivity index is 1.61. The van der Waals surface area contributed by atoms with E-state index in [1.807, 2.05) is 0 Å². The first-order valence-electron chi connectivity index (χ1n) is 8.81. The number of rotatable bonds is 6. The van der Waals surface area contributed by atoms with Crippen LogP contribution in [0, 0.1) is 11.8 Å². The molecule has 116 valence electrons. The van der Waals surface area contributed by atoms with Gasteiger partial charge in [-0.2, -0.15) is 0 Å². The summed E-state index contributed by atoms with van der Waals surface area (Å²) in [5.74, 6) is 3.65. The summed E-state index contributed by atoms with van der Waals surface area (Å²) < 4.78 is 5.81. The van der Waals surface area contributed by atoms with Crippen LogP contribution < -0.4 is 10.1 Å². The van der Waals surface area contributed by atoms with E-state index in [4.69, 9.17) is 4.74 Å². The molecular formula is C19H29NO. The Kier molecular flexibility index (Phi) is 5.18. The van der Waals surface area contributed by atoms with E-state index >= 15 is 0 Å². The van der Waals surface area contributed by atoms with Gasteiger partial charge in [0.05, 0.1) is 6.61 Å². The minimum atomic E-state index is 0.715. The van der Waals surface area contributed by atoms with E-state index in [-0.39, 0.29) is 0 Å². The lowest BCUT2D eigenvalue weighted by molar-refractivity contribution is 0.238. The van der Waals surface area contributed by atoms with Gasteiger partial charge in [0, 0.05) is 0 Å². The molecule has 1 N–H and O–H groups in total. The van der Waals surface area contributed by atoms with Crippen LogP contribution in [0.4, 0.5) is 0 Å². The summed E-state index contributed by atoms with van der Waals surface area (Å²) in [7, 11) is 0. The topological polar surface area (TPSA) is 21.3 Å². The second-order valence-corrected chi connectivity index (χ2v) is 6.76. The van der Waals surface area contributed by atoms with Gasteiger partial charge in [-0.25, -0.2) is 0 Å². The summed E-state index contributed by atoms with van der Waals surface area (Å²) in [6.45, 7) is 5.54. The van der Waals surface area contributed by atoms with Crippen molar-refractivity contribution in [3.05, 3.63) is 29.8 Å². The van der Waals surface area contributed by atoms with Crippen molar-refractivity contribution in [2.75, 3.05) is 19.7 Å². The van der Waals surface area contributed by atoms with Crippen molar-refractivity contribution < 1.29 is 4.74 Å². The molecule has 1 aromatic rings. The van der Waals surface area contributed by atoms with Gasteiger partial charge >= 0.3 is 0 Å². The summed E-state index contributed by atoms with van der Waals surface area (Å²) in [5.41, 5.74) is 1.45. The maximum atomic E-state index is 5.81. The zero-order chi connectivity index (χ0) is 14.5. The highest BCUT2D eigenvalue weighted by Crippen LogP contribution is 2.43. The van der Waals surface area contributed by atoms with Gasteiger partial charge in [0.2, 0.25) is 0 Å². The lowest BCUT2D eigenvalue weighted by Gasteiger charge is -2.30. The van der Waals surface area contributed by atoms with Gasteiger partial charge in [-0.1, -0.05) is 38.0 Å². The Morgan fingerprint density at radius 1 is 1.14 bits per heavy atom. The third-order valence-corrected chi connectivity index (χ3v) is 5.32. The predicted molar refractivity (Wildman–Crippen MR) is 87.9 cm³/mol. The van der Waals surface area contributed by atoms with Crippen molar-refractivity contribution in [3.63, 3.8) is 0 Å². The van der Waals surface area contributed by atoms with Crippen LogP contribution in [-0.2, 0) is 0 Å². The van der Waals surface area contributed by atoms with Crippen molar-refractivity contribution >= 4 is 0 Å². The van der Waals surface area contributed by atoms with E-state index in [0.29, 0.717) is 5.92 Å². The van der Waals surface area contributed by atoms with Crippen LogP contribution in [0.3, 0.4) is 0 Å². The fraction of sp³-hybridized carbons (Fsp3) is 0.684. The van der Waals surface area contributed by atoms with E-state index in [9.17, 15) is 0 Å². The summed E-state index contributed by atoms with van der Waals surface area (Å²) >= 11 is 0. The molecule has 2 aliphatic rings. The quantitative estimate of drug-likeness (QED) is 0.785. The molecule has 3 rings (SSSR count). The van der Waals surface area contributed by atoms with E-state index in [2.05, 4.69) is 36.5 Å². The Hall–Kier alpha value is -1.02. The monoisotopic (exact) mass is 287 g/mol. The van der Waals surface area contributed by atoms with Crippen LogP contribution in [0.2, 0.25) is 0 Å². The van der Waals surface area contributed by atoms with Crippen molar-refractivity contribution in [1.29, 1.82) is 0 Å². The number of ether oxygens (including phenoxy) is 1. The Labute approximate surface area is 129 Å². The molecule has 0 spiro atoms. The molecule has 3 atom stereocenters. The molecule has 0 saturated heterocycles. The second-order valence-electron chi connectivity index (χ2n) is 6.76. The maximum absolute atomic E-state index is 5.81. The average Bonchev–Trinajstić information content (AvgIpc) is 2.95. The molecule has 1 aliphatic heterocycles. The molecule has 21 heavy (non-hydrogen) atoms. The minimum absolute atomic E-state index is 0.715. The average molecular weight is 287 g/mol. The first kappa shape index (κ1) is 14.9. The fourth-order valence-corrected chi connectivity index (χ4v) is 4.18. The largest absolute Gasteiger partial charge is 0.493 e. The number of hydrogen-bond acceptors (Lipinski definition) is 2. The van der Waals surface area contributed by atoms with Crippen molar-refractivity contribution in [2.45, 2.75) is 51.4 Å². The standard InChI is InChI=1S/C19H29NO/c1-2-11-20-14-17-7-5-6-15(17)13-16-10-12-21-19-9-4-3-8-18(16)19/h3-4,8-9,15-17,20H,2,5-7,10-14H2,1H3. The summed E-state index contributed by atoms with van der Waals surface area (Å²) in [6.07, 6.45) is 8.07. The van der Waals surface area contributed by atoms with Crippen LogP contribution >= 0.6 is 0 Å². The lowest BCUT2D eigenvalue weighted by Crippen LogP contribution is -2.27.